The van der Waals surface area contributed by atoms with Crippen LogP contribution in [-0.2, 0) is 0 Å². The molecule has 2 saturated heterocycles. The number of benzene rings is 2. The number of aromatic nitrogens is 3. The van der Waals surface area contributed by atoms with Gasteiger partial charge >= 0.3 is 5.51 Å². The van der Waals surface area contributed by atoms with Gasteiger partial charge in [-0.2, -0.15) is 28.1 Å². The highest BCUT2D eigenvalue weighted by Gasteiger charge is 2.30. The van der Waals surface area contributed by atoms with E-state index in [1.807, 2.05) is 9.80 Å². The van der Waals surface area contributed by atoms with Crippen molar-refractivity contribution in [1.29, 1.82) is 0 Å². The molecule has 44 heavy (non-hydrogen) atoms. The number of hydrogen-bond donors (Lipinski definition) is 7. The number of phenolic OH excluding ortho intramolecular Hbond substituents is 1. The van der Waals surface area contributed by atoms with Gasteiger partial charge in [-0.3, -0.25) is 4.79 Å². The fourth-order valence-electron chi connectivity index (χ4n) is 5.25. The molecule has 4 atom stereocenters. The lowest BCUT2D eigenvalue weighted by molar-refractivity contribution is -0.0328. The van der Waals surface area contributed by atoms with E-state index in [0.29, 0.717) is 56.6 Å². The molecule has 2 aliphatic heterocycles. The number of nitrogens with two attached hydrogens (primary N) is 4. The molecule has 2 fully saturated rings. The van der Waals surface area contributed by atoms with Crippen molar-refractivity contribution < 1.29 is 23.1 Å². The number of halogens is 3. The number of anilines is 5. The number of aromatic hydroxyl groups is 1. The van der Waals surface area contributed by atoms with Gasteiger partial charge in [0.15, 0.2) is 0 Å². The number of piperidine rings is 2. The summed E-state index contributed by atoms with van der Waals surface area (Å²) < 4.78 is 37.7. The zero-order chi connectivity index (χ0) is 31.6. The molecule has 0 unspecified atom stereocenters. The van der Waals surface area contributed by atoms with E-state index in [-0.39, 0.29) is 63.8 Å². The number of carbonyl (C=O) groups is 1. The van der Waals surface area contributed by atoms with Gasteiger partial charge in [0.05, 0.1) is 5.56 Å². The second-order valence-electron chi connectivity index (χ2n) is 11.0. The summed E-state index contributed by atoms with van der Waals surface area (Å²) in [6.07, 6.45) is 1.36. The number of nitrogens with one attached hydrogen (secondary N) is 2. The molecule has 1 aromatic heterocycles. The lowest BCUT2D eigenvalue weighted by Gasteiger charge is -2.37. The average molecular weight is 634 g/mol. The van der Waals surface area contributed by atoms with Crippen molar-refractivity contribution >= 4 is 46.9 Å². The Bertz CT molecular complexity index is 1420. The Balaban J connectivity index is 1.34. The first kappa shape index (κ1) is 31.5. The largest absolute Gasteiger partial charge is 0.507 e. The number of phenols is 1. The molecule has 0 bridgehead atoms. The van der Waals surface area contributed by atoms with Gasteiger partial charge in [-0.15, -0.1) is 0 Å². The Hall–Kier alpha value is -3.90. The number of rotatable bonds is 7. The van der Waals surface area contributed by atoms with Crippen molar-refractivity contribution in [3.63, 3.8) is 0 Å². The number of carbonyl (C=O) groups excluding carboxylic acids is 1. The van der Waals surface area contributed by atoms with Crippen molar-refractivity contribution in [1.82, 2.24) is 15.0 Å². The summed E-state index contributed by atoms with van der Waals surface area (Å²) >= 11 is -0.254. The van der Waals surface area contributed by atoms with Crippen LogP contribution < -0.4 is 43.4 Å². The van der Waals surface area contributed by atoms with Gasteiger partial charge in [0.2, 0.25) is 17.8 Å². The zero-order valence-corrected chi connectivity index (χ0v) is 24.4. The average Bonchev–Trinajstić information content (AvgIpc) is 2.92. The standard InChI is InChI=1S/C27H34F3N11O2S/c28-27(29,30)44-20-4-1-18(2-5-20)35-23(43)21-6-3-19(9-22(21)42)36-24-37-25(40-10-14(31)7-15(32)11-40)39-26(38-24)41-12-16(33)8-17(34)13-41/h1-6,9,14-17,42H,7-8,10-13,31-34H2,(H,35,43)(H,36,37,38,39)/t14-,15+,16-,17+. The second-order valence-corrected chi connectivity index (χ2v) is 12.1. The molecule has 2 aromatic carbocycles. The summed E-state index contributed by atoms with van der Waals surface area (Å²) in [7, 11) is 0. The molecular weight excluding hydrogens is 599 g/mol. The number of amides is 1. The molecule has 0 aliphatic carbocycles. The number of alkyl halides is 3. The number of hydrogen-bond acceptors (Lipinski definition) is 13. The minimum Gasteiger partial charge on any atom is -0.507 e. The van der Waals surface area contributed by atoms with Crippen LogP contribution >= 0.6 is 11.8 Å². The summed E-state index contributed by atoms with van der Waals surface area (Å²) in [6, 6.07) is 8.86. The molecular formula is C27H34F3N11O2S. The molecule has 11 N–H and O–H groups in total. The van der Waals surface area contributed by atoms with E-state index in [0.717, 1.165) is 0 Å². The Kier molecular flexibility index (Phi) is 9.31. The first-order chi connectivity index (χ1) is 20.8. The molecule has 0 spiro atoms. The van der Waals surface area contributed by atoms with E-state index in [2.05, 4.69) is 25.6 Å². The van der Waals surface area contributed by atoms with Crippen molar-refractivity contribution in [3.05, 3.63) is 48.0 Å². The summed E-state index contributed by atoms with van der Waals surface area (Å²) in [5.41, 5.74) is 21.0. The third-order valence-electron chi connectivity index (χ3n) is 7.05. The maximum Gasteiger partial charge on any atom is 0.446 e. The zero-order valence-electron chi connectivity index (χ0n) is 23.5. The summed E-state index contributed by atoms with van der Waals surface area (Å²) in [5, 5.41) is 16.3. The van der Waals surface area contributed by atoms with Crippen LogP contribution in [0.5, 0.6) is 5.75 Å². The number of nitrogens with zero attached hydrogens (tertiary/aromatic N) is 5. The smallest absolute Gasteiger partial charge is 0.446 e. The van der Waals surface area contributed by atoms with Gasteiger partial charge in [0.25, 0.3) is 5.91 Å². The van der Waals surface area contributed by atoms with Gasteiger partial charge in [-0.25, -0.2) is 0 Å². The second kappa shape index (κ2) is 13.0. The minimum absolute atomic E-state index is 0.0182. The Morgan fingerprint density at radius 3 is 1.80 bits per heavy atom. The van der Waals surface area contributed by atoms with Crippen molar-refractivity contribution in [2.24, 2.45) is 22.9 Å². The lowest BCUT2D eigenvalue weighted by atomic mass is 10.0. The molecule has 3 heterocycles. The number of thioether (sulfide) groups is 1. The van der Waals surface area contributed by atoms with Gasteiger partial charge in [0.1, 0.15) is 5.75 Å². The predicted molar refractivity (Wildman–Crippen MR) is 163 cm³/mol. The summed E-state index contributed by atoms with van der Waals surface area (Å²) in [6.45, 7) is 2.02. The van der Waals surface area contributed by atoms with E-state index in [4.69, 9.17) is 22.9 Å². The highest BCUT2D eigenvalue weighted by atomic mass is 32.2. The molecule has 1 amide bonds. The molecule has 3 aromatic rings. The fourth-order valence-corrected chi connectivity index (χ4v) is 5.78. The highest BCUT2D eigenvalue weighted by molar-refractivity contribution is 8.00. The fraction of sp³-hybridized carbons (Fsp3) is 0.407. The van der Waals surface area contributed by atoms with Crippen LogP contribution in [0.25, 0.3) is 0 Å². The van der Waals surface area contributed by atoms with Gasteiger partial charge in [-0.1, -0.05) is 0 Å². The molecule has 13 nitrogen and oxygen atoms in total. The monoisotopic (exact) mass is 633 g/mol. The molecule has 0 saturated carbocycles. The van der Waals surface area contributed by atoms with E-state index in [9.17, 15) is 23.1 Å². The summed E-state index contributed by atoms with van der Waals surface area (Å²) in [4.78, 5) is 30.4. The minimum atomic E-state index is -4.42. The van der Waals surface area contributed by atoms with Crippen LogP contribution in [0.15, 0.2) is 47.4 Å². The van der Waals surface area contributed by atoms with Crippen LogP contribution in [-0.4, -0.2) is 81.8 Å². The predicted octanol–water partition coefficient (Wildman–Crippen LogP) is 1.91. The lowest BCUT2D eigenvalue weighted by Crippen LogP contribution is -2.54. The van der Waals surface area contributed by atoms with Crippen LogP contribution in [0.1, 0.15) is 23.2 Å². The Morgan fingerprint density at radius 2 is 1.32 bits per heavy atom. The van der Waals surface area contributed by atoms with Gasteiger partial charge in [0, 0.05) is 72.7 Å². The maximum absolute atomic E-state index is 12.8. The van der Waals surface area contributed by atoms with Crippen LogP contribution in [0.2, 0.25) is 0 Å². The topological polar surface area (TPSA) is 211 Å². The van der Waals surface area contributed by atoms with Gasteiger partial charge < -0.3 is 48.5 Å². The maximum atomic E-state index is 12.8. The third-order valence-corrected chi connectivity index (χ3v) is 7.79. The van der Waals surface area contributed by atoms with Crippen LogP contribution in [0.3, 0.4) is 0 Å². The van der Waals surface area contributed by atoms with Gasteiger partial charge in [-0.05, 0) is 61.0 Å². The van der Waals surface area contributed by atoms with Crippen molar-refractivity contribution in [2.75, 3.05) is 46.6 Å². The quantitative estimate of drug-likeness (QED) is 0.186. The normalized spacial score (nSPS) is 22.5. The van der Waals surface area contributed by atoms with Crippen LogP contribution in [0.4, 0.5) is 42.4 Å². The molecule has 0 radical (unpaired) electrons. The molecule has 2 aliphatic rings. The molecule has 5 rings (SSSR count). The van der Waals surface area contributed by atoms with E-state index in [1.165, 1.54) is 36.4 Å². The van der Waals surface area contributed by atoms with E-state index in [1.54, 1.807) is 6.07 Å². The summed E-state index contributed by atoms with van der Waals surface area (Å²) in [5.74, 6) is -0.0667. The highest BCUT2D eigenvalue weighted by Crippen LogP contribution is 2.37. The van der Waals surface area contributed by atoms with Crippen molar-refractivity contribution in [2.45, 2.75) is 47.4 Å². The van der Waals surface area contributed by atoms with Crippen LogP contribution in [0, 0.1) is 0 Å². The SMILES string of the molecule is N[C@@H]1C[C@H](N)CN(c2nc(Nc3ccc(C(=O)Nc4ccc(SC(F)(F)F)cc4)c(O)c3)nc(N3C[C@H](N)C[C@H](N)C3)n2)C1. The first-order valence-electron chi connectivity index (χ1n) is 13.9. The Labute approximate surface area is 255 Å². The van der Waals surface area contributed by atoms with E-state index < -0.39 is 11.4 Å². The third kappa shape index (κ3) is 8.17. The first-order valence-corrected chi connectivity index (χ1v) is 14.7. The Morgan fingerprint density at radius 1 is 0.818 bits per heavy atom. The molecule has 236 valence electrons. The van der Waals surface area contributed by atoms with E-state index >= 15 is 0 Å². The molecule has 17 heteroatoms. The van der Waals surface area contributed by atoms with Crippen molar-refractivity contribution in [3.8, 4) is 5.75 Å².